The van der Waals surface area contributed by atoms with Crippen LogP contribution in [0.4, 0.5) is 5.69 Å². The Morgan fingerprint density at radius 3 is 2.66 bits per heavy atom. The minimum Gasteiger partial charge on any atom is -0.334 e. The molecular formula is C22H23N7O3. The molecule has 1 aromatic carbocycles. The van der Waals surface area contributed by atoms with E-state index in [-0.39, 0.29) is 17.7 Å². The molecule has 164 valence electrons. The third-order valence-corrected chi connectivity index (χ3v) is 5.88. The molecule has 32 heavy (non-hydrogen) atoms. The zero-order valence-electron chi connectivity index (χ0n) is 17.9. The Balaban J connectivity index is 1.35. The number of anilines is 1. The highest BCUT2D eigenvalue weighted by Gasteiger charge is 2.17. The number of fused-ring (bicyclic) bond motifs is 2. The van der Waals surface area contributed by atoms with Gasteiger partial charge in [0.2, 0.25) is 5.91 Å². The van der Waals surface area contributed by atoms with Crippen molar-refractivity contribution in [1.29, 1.82) is 0 Å². The summed E-state index contributed by atoms with van der Waals surface area (Å²) in [5.74, 6) is 0.650. The third kappa shape index (κ3) is 3.33. The van der Waals surface area contributed by atoms with Crippen LogP contribution in [0.1, 0.15) is 18.7 Å². The molecule has 0 radical (unpaired) electrons. The Hall–Kier alpha value is -3.95. The lowest BCUT2D eigenvalue weighted by atomic mass is 10.1. The van der Waals surface area contributed by atoms with E-state index in [1.54, 1.807) is 19.2 Å². The normalized spacial score (nSPS) is 13.3. The molecule has 0 bridgehead atoms. The molecule has 0 saturated heterocycles. The van der Waals surface area contributed by atoms with Gasteiger partial charge in [-0.3, -0.25) is 14.2 Å². The molecule has 3 aromatic heterocycles. The Bertz CT molecular complexity index is 1430. The van der Waals surface area contributed by atoms with Gasteiger partial charge in [-0.1, -0.05) is 12.1 Å². The van der Waals surface area contributed by atoms with Crippen molar-refractivity contribution in [3.05, 3.63) is 63.5 Å². The van der Waals surface area contributed by atoms with Gasteiger partial charge in [0.15, 0.2) is 11.2 Å². The highest BCUT2D eigenvalue weighted by Crippen LogP contribution is 2.24. The molecule has 1 amide bonds. The van der Waals surface area contributed by atoms with Crippen LogP contribution in [0.2, 0.25) is 0 Å². The number of hydrogen-bond donors (Lipinski definition) is 1. The highest BCUT2D eigenvalue weighted by atomic mass is 16.2. The first kappa shape index (κ1) is 20.0. The number of amides is 1. The number of hydrogen-bond acceptors (Lipinski definition) is 5. The molecule has 4 aromatic rings. The molecule has 0 saturated carbocycles. The summed E-state index contributed by atoms with van der Waals surface area (Å²) in [7, 11) is 3.20. The average molecular weight is 433 g/mol. The number of aryl methyl sites for hydroxylation is 4. The van der Waals surface area contributed by atoms with Gasteiger partial charge in [-0.2, -0.15) is 0 Å². The lowest BCUT2D eigenvalue weighted by Gasteiger charge is -2.11. The van der Waals surface area contributed by atoms with Gasteiger partial charge in [0.25, 0.3) is 5.56 Å². The summed E-state index contributed by atoms with van der Waals surface area (Å²) in [5, 5.41) is 2.75. The Labute approximate surface area is 182 Å². The molecule has 0 spiro atoms. The number of nitrogens with one attached hydrogen (secondary N) is 1. The van der Waals surface area contributed by atoms with Crippen molar-refractivity contribution in [1.82, 2.24) is 28.2 Å². The Morgan fingerprint density at radius 2 is 1.91 bits per heavy atom. The maximum atomic E-state index is 12.8. The van der Waals surface area contributed by atoms with Crippen molar-refractivity contribution in [2.24, 2.45) is 14.1 Å². The zero-order valence-corrected chi connectivity index (χ0v) is 17.9. The van der Waals surface area contributed by atoms with Crippen molar-refractivity contribution in [2.75, 3.05) is 5.32 Å². The number of carbonyl (C=O) groups excluding carboxylic acids is 1. The number of aromatic nitrogens is 6. The van der Waals surface area contributed by atoms with Crippen LogP contribution in [0, 0.1) is 0 Å². The Morgan fingerprint density at radius 1 is 1.12 bits per heavy atom. The first-order valence-electron chi connectivity index (χ1n) is 10.5. The van der Waals surface area contributed by atoms with Crippen molar-refractivity contribution in [2.45, 2.75) is 32.4 Å². The van der Waals surface area contributed by atoms with E-state index in [0.717, 1.165) is 34.6 Å². The third-order valence-electron chi connectivity index (χ3n) is 5.88. The second-order valence-electron chi connectivity index (χ2n) is 8.08. The molecule has 10 heteroatoms. The van der Waals surface area contributed by atoms with Crippen LogP contribution >= 0.6 is 0 Å². The van der Waals surface area contributed by atoms with Crippen LogP contribution in [0.15, 0.2) is 46.4 Å². The molecule has 0 aliphatic carbocycles. The molecule has 0 fully saturated rings. The lowest BCUT2D eigenvalue weighted by molar-refractivity contribution is -0.116. The molecule has 1 aliphatic rings. The standard InChI is InChI=1S/C22H23N7O3/c1-26-13-23-20-19(26)21(31)29(22(32)27(20)2)12-18(30)24-15-8-6-14(7-9-15)16-11-28-10-4-3-5-17(28)25-16/h6-9,11,13H,3-5,10,12H2,1-2H3,(H,24,30). The topological polar surface area (TPSA) is 109 Å². The molecule has 0 unspecified atom stereocenters. The average Bonchev–Trinajstić information content (AvgIpc) is 3.39. The van der Waals surface area contributed by atoms with Crippen LogP contribution in [-0.2, 0) is 38.4 Å². The summed E-state index contributed by atoms with van der Waals surface area (Å²) in [4.78, 5) is 46.7. The SMILES string of the molecule is Cn1cnc2c1c(=O)n(CC(=O)Nc1ccc(-c3cn4c(n3)CCCC4)cc1)c(=O)n2C. The van der Waals surface area contributed by atoms with Crippen LogP contribution in [0.25, 0.3) is 22.4 Å². The second kappa shape index (κ2) is 7.63. The predicted octanol–water partition coefficient (Wildman–Crippen LogP) is 1.27. The monoisotopic (exact) mass is 433 g/mol. The van der Waals surface area contributed by atoms with Crippen molar-refractivity contribution >= 4 is 22.8 Å². The van der Waals surface area contributed by atoms with E-state index in [1.807, 2.05) is 12.1 Å². The van der Waals surface area contributed by atoms with Crippen LogP contribution < -0.4 is 16.6 Å². The Kier molecular flexibility index (Phi) is 4.76. The van der Waals surface area contributed by atoms with E-state index < -0.39 is 17.2 Å². The fourth-order valence-corrected chi connectivity index (χ4v) is 4.16. The quantitative estimate of drug-likeness (QED) is 0.521. The summed E-state index contributed by atoms with van der Waals surface area (Å²) >= 11 is 0. The first-order chi connectivity index (χ1) is 15.4. The minimum atomic E-state index is -0.588. The summed E-state index contributed by atoms with van der Waals surface area (Å²) in [5.41, 5.74) is 1.89. The van der Waals surface area contributed by atoms with Crippen molar-refractivity contribution < 1.29 is 4.79 Å². The summed E-state index contributed by atoms with van der Waals surface area (Å²) in [6, 6.07) is 7.38. The minimum absolute atomic E-state index is 0.270. The largest absolute Gasteiger partial charge is 0.334 e. The van der Waals surface area contributed by atoms with Crippen molar-refractivity contribution in [3.8, 4) is 11.3 Å². The summed E-state index contributed by atoms with van der Waals surface area (Å²) in [6.45, 7) is 0.613. The van der Waals surface area contributed by atoms with Crippen LogP contribution in [0.5, 0.6) is 0 Å². The fourth-order valence-electron chi connectivity index (χ4n) is 4.16. The van der Waals surface area contributed by atoms with Crippen molar-refractivity contribution in [3.63, 3.8) is 0 Å². The number of imidazole rings is 2. The van der Waals surface area contributed by atoms with E-state index in [1.165, 1.54) is 35.4 Å². The van der Waals surface area contributed by atoms with E-state index in [0.29, 0.717) is 5.69 Å². The van der Waals surface area contributed by atoms with Gasteiger partial charge in [0.1, 0.15) is 12.4 Å². The van der Waals surface area contributed by atoms with E-state index in [4.69, 9.17) is 4.98 Å². The van der Waals surface area contributed by atoms with Crippen LogP contribution in [0.3, 0.4) is 0 Å². The summed E-state index contributed by atoms with van der Waals surface area (Å²) < 4.78 is 5.93. The second-order valence-corrected chi connectivity index (χ2v) is 8.08. The molecule has 10 nitrogen and oxygen atoms in total. The first-order valence-corrected chi connectivity index (χ1v) is 10.5. The lowest BCUT2D eigenvalue weighted by Crippen LogP contribution is -2.42. The van der Waals surface area contributed by atoms with Gasteiger partial charge in [-0.15, -0.1) is 0 Å². The summed E-state index contributed by atoms with van der Waals surface area (Å²) in [6.07, 6.45) is 6.87. The van der Waals surface area contributed by atoms with E-state index in [2.05, 4.69) is 21.1 Å². The maximum Gasteiger partial charge on any atom is 0.332 e. The van der Waals surface area contributed by atoms with Gasteiger partial charge in [0, 0.05) is 44.5 Å². The number of benzene rings is 1. The zero-order chi connectivity index (χ0) is 22.4. The van der Waals surface area contributed by atoms with E-state index in [9.17, 15) is 14.4 Å². The van der Waals surface area contributed by atoms with Gasteiger partial charge in [-0.25, -0.2) is 19.3 Å². The number of carbonyl (C=O) groups is 1. The number of rotatable bonds is 4. The van der Waals surface area contributed by atoms with Gasteiger partial charge >= 0.3 is 5.69 Å². The highest BCUT2D eigenvalue weighted by molar-refractivity contribution is 5.91. The molecule has 0 atom stereocenters. The van der Waals surface area contributed by atoms with Gasteiger partial charge < -0.3 is 14.5 Å². The predicted molar refractivity (Wildman–Crippen MR) is 119 cm³/mol. The smallest absolute Gasteiger partial charge is 0.332 e. The van der Waals surface area contributed by atoms with E-state index >= 15 is 0 Å². The molecule has 4 heterocycles. The van der Waals surface area contributed by atoms with Gasteiger partial charge in [-0.05, 0) is 25.0 Å². The molecule has 1 N–H and O–H groups in total. The number of nitrogens with zero attached hydrogens (tertiary/aromatic N) is 6. The molecular weight excluding hydrogens is 410 g/mol. The van der Waals surface area contributed by atoms with Gasteiger partial charge in [0.05, 0.1) is 12.0 Å². The van der Waals surface area contributed by atoms with Crippen LogP contribution in [-0.4, -0.2) is 34.1 Å². The molecule has 1 aliphatic heterocycles. The maximum absolute atomic E-state index is 12.8. The molecule has 5 rings (SSSR count). The fraction of sp³-hybridized carbons (Fsp3) is 0.318.